The van der Waals surface area contributed by atoms with Gasteiger partial charge in [0.25, 0.3) is 5.91 Å². The highest BCUT2D eigenvalue weighted by atomic mass is 16.3. The lowest BCUT2D eigenvalue weighted by atomic mass is 9.75. The molecule has 1 saturated heterocycles. The third-order valence-corrected chi connectivity index (χ3v) is 6.63. The number of benzene rings is 2. The maximum atomic E-state index is 13.9. The molecule has 3 heterocycles. The molecule has 4 aromatic rings. The first kappa shape index (κ1) is 21.3. The zero-order valence-electron chi connectivity index (χ0n) is 18.5. The largest absolute Gasteiger partial charge is 0.396 e. The van der Waals surface area contributed by atoms with Crippen LogP contribution in [0.5, 0.6) is 0 Å². The number of aliphatic hydroxyl groups excluding tert-OH is 1. The molecule has 0 bridgehead atoms. The second kappa shape index (κ2) is 9.12. The fraction of sp³-hybridized carbons (Fsp3) is 0.250. The number of nitrogens with zero attached hydrogens (tertiary/aromatic N) is 3. The maximum absolute atomic E-state index is 13.9. The van der Waals surface area contributed by atoms with Gasteiger partial charge in [0.05, 0.1) is 23.4 Å². The minimum atomic E-state index is -0.327. The van der Waals surface area contributed by atoms with Gasteiger partial charge in [0.1, 0.15) is 0 Å². The molecule has 0 unspecified atom stereocenters. The van der Waals surface area contributed by atoms with Crippen LogP contribution in [-0.4, -0.2) is 45.6 Å². The number of carbonyl (C=O) groups excluding carboxylic acids is 1. The summed E-state index contributed by atoms with van der Waals surface area (Å²) in [5.74, 6) is -0.00510. The van der Waals surface area contributed by atoms with E-state index in [2.05, 4.69) is 17.1 Å². The molecule has 166 valence electrons. The first-order valence-corrected chi connectivity index (χ1v) is 11.4. The van der Waals surface area contributed by atoms with Gasteiger partial charge in [-0.1, -0.05) is 48.5 Å². The van der Waals surface area contributed by atoms with Gasteiger partial charge in [-0.25, -0.2) is 4.98 Å². The predicted octanol–water partition coefficient (Wildman–Crippen LogP) is 4.75. The minimum Gasteiger partial charge on any atom is -0.396 e. The number of amides is 1. The van der Waals surface area contributed by atoms with Gasteiger partial charge in [-0.2, -0.15) is 0 Å². The number of pyridine rings is 2. The summed E-state index contributed by atoms with van der Waals surface area (Å²) in [6.45, 7) is 1.29. The van der Waals surface area contributed by atoms with Gasteiger partial charge in [0.2, 0.25) is 0 Å². The molecule has 1 fully saturated rings. The molecule has 1 aliphatic rings. The third kappa shape index (κ3) is 4.37. The van der Waals surface area contributed by atoms with Crippen molar-refractivity contribution in [2.75, 3.05) is 19.7 Å². The summed E-state index contributed by atoms with van der Waals surface area (Å²) in [7, 11) is 0. The normalized spacial score (nSPS) is 18.4. The second-order valence-corrected chi connectivity index (χ2v) is 8.96. The number of fused-ring (bicyclic) bond motifs is 1. The lowest BCUT2D eigenvalue weighted by Crippen LogP contribution is -2.49. The van der Waals surface area contributed by atoms with Crippen molar-refractivity contribution >= 4 is 16.8 Å². The molecule has 0 saturated carbocycles. The first-order valence-electron chi connectivity index (χ1n) is 11.4. The molecule has 5 rings (SSSR count). The van der Waals surface area contributed by atoms with Crippen LogP contribution < -0.4 is 0 Å². The van der Waals surface area contributed by atoms with Gasteiger partial charge < -0.3 is 10.0 Å². The van der Waals surface area contributed by atoms with Crippen molar-refractivity contribution in [1.82, 2.24) is 14.9 Å². The van der Waals surface area contributed by atoms with Crippen molar-refractivity contribution in [2.45, 2.75) is 19.3 Å². The average molecular weight is 438 g/mol. The van der Waals surface area contributed by atoms with E-state index >= 15 is 0 Å². The number of hydrogen-bond donors (Lipinski definition) is 1. The fourth-order valence-electron chi connectivity index (χ4n) is 4.93. The van der Waals surface area contributed by atoms with Crippen LogP contribution >= 0.6 is 0 Å². The summed E-state index contributed by atoms with van der Waals surface area (Å²) in [4.78, 5) is 24.7. The Morgan fingerprint density at radius 3 is 2.55 bits per heavy atom. The summed E-state index contributed by atoms with van der Waals surface area (Å²) in [5.41, 5.74) is 4.00. The number of aliphatic hydroxyl groups is 1. The smallest absolute Gasteiger partial charge is 0.254 e. The van der Waals surface area contributed by atoms with Crippen molar-refractivity contribution in [3.63, 3.8) is 0 Å². The molecular formula is C28H27N3O2. The Morgan fingerprint density at radius 1 is 1.00 bits per heavy atom. The number of piperidine rings is 1. The highest BCUT2D eigenvalue weighted by Crippen LogP contribution is 2.35. The zero-order valence-corrected chi connectivity index (χ0v) is 18.5. The molecule has 0 radical (unpaired) electrons. The van der Waals surface area contributed by atoms with Crippen molar-refractivity contribution in [1.29, 1.82) is 0 Å². The topological polar surface area (TPSA) is 66.3 Å². The van der Waals surface area contributed by atoms with Crippen molar-refractivity contribution < 1.29 is 9.90 Å². The lowest BCUT2D eigenvalue weighted by Gasteiger charge is -2.42. The van der Waals surface area contributed by atoms with Gasteiger partial charge >= 0.3 is 0 Å². The Bertz CT molecular complexity index is 1260. The SMILES string of the molecule is O=C(c1cc(-c2ccncc2)nc2ccccc12)N1CCC[C@](CO)(Cc2ccccc2)C1. The van der Waals surface area contributed by atoms with Crippen LogP contribution in [0, 0.1) is 5.41 Å². The van der Waals surface area contributed by atoms with Gasteiger partial charge in [-0.15, -0.1) is 0 Å². The predicted molar refractivity (Wildman–Crippen MR) is 130 cm³/mol. The van der Waals surface area contributed by atoms with Crippen LogP contribution in [0.1, 0.15) is 28.8 Å². The summed E-state index contributed by atoms with van der Waals surface area (Å²) in [6.07, 6.45) is 6.00. The van der Waals surface area contributed by atoms with Crippen molar-refractivity contribution in [2.24, 2.45) is 5.41 Å². The number of likely N-dealkylation sites (tertiary alicyclic amines) is 1. The number of hydrogen-bond acceptors (Lipinski definition) is 4. The first-order chi connectivity index (χ1) is 16.2. The Morgan fingerprint density at radius 2 is 1.76 bits per heavy atom. The van der Waals surface area contributed by atoms with Crippen LogP contribution in [0.25, 0.3) is 22.2 Å². The Balaban J connectivity index is 1.50. The maximum Gasteiger partial charge on any atom is 0.254 e. The second-order valence-electron chi connectivity index (χ2n) is 8.96. The molecule has 1 amide bonds. The molecule has 5 nitrogen and oxygen atoms in total. The number of aromatic nitrogens is 2. The molecule has 5 heteroatoms. The summed E-state index contributed by atoms with van der Waals surface area (Å²) < 4.78 is 0. The quantitative estimate of drug-likeness (QED) is 0.489. The van der Waals surface area contributed by atoms with Crippen molar-refractivity contribution in [3.8, 4) is 11.3 Å². The van der Waals surface area contributed by atoms with Gasteiger partial charge in [0.15, 0.2) is 0 Å². The summed E-state index contributed by atoms with van der Waals surface area (Å²) in [6, 6.07) is 23.7. The van der Waals surface area contributed by atoms with Crippen LogP contribution in [0.3, 0.4) is 0 Å². The highest BCUT2D eigenvalue weighted by Gasteiger charge is 2.37. The molecule has 0 spiro atoms. The monoisotopic (exact) mass is 437 g/mol. The van der Waals surface area contributed by atoms with E-state index in [0.717, 1.165) is 41.4 Å². The zero-order chi connectivity index (χ0) is 22.7. The molecule has 1 atom stereocenters. The molecule has 1 aliphatic heterocycles. The van der Waals surface area contributed by atoms with E-state index < -0.39 is 0 Å². The molecule has 2 aromatic heterocycles. The summed E-state index contributed by atoms with van der Waals surface area (Å²) >= 11 is 0. The van der Waals surface area contributed by atoms with E-state index in [0.29, 0.717) is 18.7 Å². The van der Waals surface area contributed by atoms with Crippen LogP contribution in [0.4, 0.5) is 0 Å². The Kier molecular flexibility index (Phi) is 5.88. The number of rotatable bonds is 5. The fourth-order valence-corrected chi connectivity index (χ4v) is 4.93. The van der Waals surface area contributed by atoms with Crippen LogP contribution in [0.2, 0.25) is 0 Å². The van der Waals surface area contributed by atoms with Crippen molar-refractivity contribution in [3.05, 3.63) is 96.3 Å². The van der Waals surface area contributed by atoms with E-state index in [1.54, 1.807) is 12.4 Å². The minimum absolute atomic E-state index is 0.00510. The Hall–Kier alpha value is -3.57. The molecule has 2 aromatic carbocycles. The lowest BCUT2D eigenvalue weighted by molar-refractivity contribution is 0.0273. The van der Waals surface area contributed by atoms with E-state index in [9.17, 15) is 9.90 Å². The summed E-state index contributed by atoms with van der Waals surface area (Å²) in [5, 5.41) is 11.2. The third-order valence-electron chi connectivity index (χ3n) is 6.63. The van der Waals surface area contributed by atoms with Gasteiger partial charge in [-0.05, 0) is 49.1 Å². The molecule has 0 aliphatic carbocycles. The average Bonchev–Trinajstić information content (AvgIpc) is 2.89. The molecule has 33 heavy (non-hydrogen) atoms. The van der Waals surface area contributed by atoms with Crippen LogP contribution in [0.15, 0.2) is 85.2 Å². The highest BCUT2D eigenvalue weighted by molar-refractivity contribution is 6.07. The van der Waals surface area contributed by atoms with E-state index in [1.807, 2.05) is 65.6 Å². The number of carbonyl (C=O) groups is 1. The molecule has 1 N–H and O–H groups in total. The standard InChI is InChI=1S/C28H27N3O2/c32-20-28(18-21-7-2-1-3-8-21)13-6-16-31(19-28)27(33)24-17-26(22-11-14-29-15-12-22)30-25-10-5-4-9-23(24)25/h1-5,7-12,14-15,17,32H,6,13,16,18-20H2/t28-/m0/s1. The van der Waals surface area contributed by atoms with Gasteiger partial charge in [-0.3, -0.25) is 9.78 Å². The van der Waals surface area contributed by atoms with Gasteiger partial charge in [0, 0.05) is 41.8 Å². The van der Waals surface area contributed by atoms with E-state index in [4.69, 9.17) is 4.98 Å². The molecular weight excluding hydrogens is 410 g/mol. The van der Waals surface area contributed by atoms with Crippen LogP contribution in [-0.2, 0) is 6.42 Å². The van der Waals surface area contributed by atoms with E-state index in [-0.39, 0.29) is 17.9 Å². The van der Waals surface area contributed by atoms with E-state index in [1.165, 1.54) is 5.56 Å². The Labute approximate surface area is 193 Å². The number of para-hydroxylation sites is 1.